The van der Waals surface area contributed by atoms with E-state index in [9.17, 15) is 0 Å². The number of halogens is 1. The van der Waals surface area contributed by atoms with Crippen molar-refractivity contribution >= 4 is 21.6 Å². The second-order valence-electron chi connectivity index (χ2n) is 3.91. The Morgan fingerprint density at radius 1 is 1.38 bits per heavy atom. The van der Waals surface area contributed by atoms with E-state index in [1.165, 1.54) is 19.3 Å². The molecule has 0 amide bonds. The number of hydrogen-bond acceptors (Lipinski definition) is 2. The molecule has 0 aliphatic rings. The van der Waals surface area contributed by atoms with Gasteiger partial charge in [-0.2, -0.15) is 5.26 Å². The van der Waals surface area contributed by atoms with Gasteiger partial charge < -0.3 is 4.90 Å². The first-order valence-electron chi connectivity index (χ1n) is 5.59. The molecule has 0 bridgehead atoms. The Morgan fingerprint density at radius 3 is 2.69 bits per heavy atom. The molecule has 0 N–H and O–H groups in total. The standard InChI is InChI=1S/C13H17BrN2/c1-3-4-5-8-16(2)13-7-6-11(10-15)9-12(13)14/h6-7,9H,3-5,8H2,1-2H3. The Balaban J connectivity index is 2.69. The number of benzene rings is 1. The van der Waals surface area contributed by atoms with Gasteiger partial charge in [-0.05, 0) is 40.5 Å². The molecule has 2 nitrogen and oxygen atoms in total. The largest absolute Gasteiger partial charge is 0.374 e. The molecular formula is C13H17BrN2. The maximum atomic E-state index is 8.78. The third-order valence-corrected chi connectivity index (χ3v) is 3.22. The predicted molar refractivity (Wildman–Crippen MR) is 71.7 cm³/mol. The average Bonchev–Trinajstić information content (AvgIpc) is 2.29. The lowest BCUT2D eigenvalue weighted by molar-refractivity contribution is 0.704. The zero-order chi connectivity index (χ0) is 12.0. The van der Waals surface area contributed by atoms with Gasteiger partial charge in [0.15, 0.2) is 0 Å². The highest BCUT2D eigenvalue weighted by Crippen LogP contribution is 2.26. The number of hydrogen-bond donors (Lipinski definition) is 0. The number of unbranched alkanes of at least 4 members (excludes halogenated alkanes) is 2. The van der Waals surface area contributed by atoms with E-state index in [2.05, 4.69) is 40.9 Å². The van der Waals surface area contributed by atoms with Gasteiger partial charge in [0, 0.05) is 18.1 Å². The summed E-state index contributed by atoms with van der Waals surface area (Å²) in [7, 11) is 2.09. The van der Waals surface area contributed by atoms with Gasteiger partial charge in [0.1, 0.15) is 0 Å². The van der Waals surface area contributed by atoms with Crippen LogP contribution in [-0.4, -0.2) is 13.6 Å². The first-order chi connectivity index (χ1) is 7.69. The van der Waals surface area contributed by atoms with Gasteiger partial charge in [-0.15, -0.1) is 0 Å². The minimum atomic E-state index is 0.692. The smallest absolute Gasteiger partial charge is 0.0992 e. The van der Waals surface area contributed by atoms with Crippen LogP contribution in [0.25, 0.3) is 0 Å². The Hall–Kier alpha value is -1.01. The van der Waals surface area contributed by atoms with Crippen LogP contribution < -0.4 is 4.90 Å². The normalized spacial score (nSPS) is 9.88. The van der Waals surface area contributed by atoms with Crippen LogP contribution in [0.5, 0.6) is 0 Å². The second-order valence-corrected chi connectivity index (χ2v) is 4.76. The topological polar surface area (TPSA) is 27.0 Å². The van der Waals surface area contributed by atoms with Crippen molar-refractivity contribution in [1.29, 1.82) is 5.26 Å². The Kier molecular flexibility index (Phi) is 5.34. The van der Waals surface area contributed by atoms with Gasteiger partial charge in [-0.1, -0.05) is 19.8 Å². The lowest BCUT2D eigenvalue weighted by Gasteiger charge is -2.20. The van der Waals surface area contributed by atoms with Crippen molar-refractivity contribution in [3.05, 3.63) is 28.2 Å². The first-order valence-corrected chi connectivity index (χ1v) is 6.39. The highest BCUT2D eigenvalue weighted by Gasteiger charge is 2.05. The van der Waals surface area contributed by atoms with Crippen molar-refractivity contribution < 1.29 is 0 Å². The maximum absolute atomic E-state index is 8.78. The van der Waals surface area contributed by atoms with Crippen LogP contribution in [0.2, 0.25) is 0 Å². The molecule has 0 heterocycles. The van der Waals surface area contributed by atoms with E-state index in [0.717, 1.165) is 16.7 Å². The van der Waals surface area contributed by atoms with Crippen molar-refractivity contribution in [3.8, 4) is 6.07 Å². The molecule has 0 spiro atoms. The summed E-state index contributed by atoms with van der Waals surface area (Å²) in [5.74, 6) is 0. The molecule has 3 heteroatoms. The fraction of sp³-hybridized carbons (Fsp3) is 0.462. The first kappa shape index (κ1) is 13.1. The van der Waals surface area contributed by atoms with Crippen molar-refractivity contribution in [2.75, 3.05) is 18.5 Å². The SMILES string of the molecule is CCCCCN(C)c1ccc(C#N)cc1Br. The predicted octanol–water partition coefficient (Wildman–Crippen LogP) is 3.95. The van der Waals surface area contributed by atoms with E-state index in [1.807, 2.05) is 18.2 Å². The molecule has 0 saturated heterocycles. The molecule has 1 aromatic rings. The van der Waals surface area contributed by atoms with Gasteiger partial charge in [0.2, 0.25) is 0 Å². The molecule has 0 aromatic heterocycles. The van der Waals surface area contributed by atoms with Crippen molar-refractivity contribution in [2.45, 2.75) is 26.2 Å². The lowest BCUT2D eigenvalue weighted by atomic mass is 10.2. The summed E-state index contributed by atoms with van der Waals surface area (Å²) in [5.41, 5.74) is 1.84. The van der Waals surface area contributed by atoms with E-state index in [-0.39, 0.29) is 0 Å². The van der Waals surface area contributed by atoms with Crippen LogP contribution in [0.4, 0.5) is 5.69 Å². The molecule has 0 aliphatic heterocycles. The molecule has 16 heavy (non-hydrogen) atoms. The minimum absolute atomic E-state index is 0.692. The fourth-order valence-corrected chi connectivity index (χ4v) is 2.29. The number of rotatable bonds is 5. The maximum Gasteiger partial charge on any atom is 0.0992 e. The summed E-state index contributed by atoms with van der Waals surface area (Å²) in [5, 5.41) is 8.78. The van der Waals surface area contributed by atoms with E-state index in [4.69, 9.17) is 5.26 Å². The van der Waals surface area contributed by atoms with Crippen molar-refractivity contribution in [2.24, 2.45) is 0 Å². The third-order valence-electron chi connectivity index (χ3n) is 2.59. The molecule has 0 unspecified atom stereocenters. The summed E-state index contributed by atoms with van der Waals surface area (Å²) in [6, 6.07) is 7.86. The van der Waals surface area contributed by atoms with Crippen molar-refractivity contribution in [3.63, 3.8) is 0 Å². The monoisotopic (exact) mass is 280 g/mol. The number of anilines is 1. The molecule has 0 aliphatic carbocycles. The zero-order valence-corrected chi connectivity index (χ0v) is 11.4. The summed E-state index contributed by atoms with van der Waals surface area (Å²) in [4.78, 5) is 2.22. The van der Waals surface area contributed by atoms with E-state index < -0.39 is 0 Å². The Morgan fingerprint density at radius 2 is 2.12 bits per heavy atom. The summed E-state index contributed by atoms with van der Waals surface area (Å²) < 4.78 is 0.991. The Labute approximate surface area is 106 Å². The van der Waals surface area contributed by atoms with Gasteiger partial charge in [0.05, 0.1) is 17.3 Å². The van der Waals surface area contributed by atoms with Crippen LogP contribution in [0.1, 0.15) is 31.7 Å². The molecular weight excluding hydrogens is 264 g/mol. The van der Waals surface area contributed by atoms with Crippen molar-refractivity contribution in [1.82, 2.24) is 0 Å². The average molecular weight is 281 g/mol. The van der Waals surface area contributed by atoms with E-state index in [1.54, 1.807) is 0 Å². The van der Waals surface area contributed by atoms with E-state index >= 15 is 0 Å². The molecule has 0 atom stereocenters. The summed E-state index contributed by atoms with van der Waals surface area (Å²) >= 11 is 3.50. The quantitative estimate of drug-likeness (QED) is 0.764. The summed E-state index contributed by atoms with van der Waals surface area (Å²) in [6.07, 6.45) is 3.71. The fourth-order valence-electron chi connectivity index (χ4n) is 1.61. The number of nitriles is 1. The molecule has 0 saturated carbocycles. The van der Waals surface area contributed by atoms with Crippen LogP contribution in [0.15, 0.2) is 22.7 Å². The highest BCUT2D eigenvalue weighted by molar-refractivity contribution is 9.10. The number of nitrogens with zero attached hydrogens (tertiary/aromatic N) is 2. The second kappa shape index (κ2) is 6.55. The van der Waals surface area contributed by atoms with Gasteiger partial charge in [0.25, 0.3) is 0 Å². The molecule has 0 radical (unpaired) electrons. The molecule has 1 rings (SSSR count). The van der Waals surface area contributed by atoms with Crippen LogP contribution in [0, 0.1) is 11.3 Å². The van der Waals surface area contributed by atoms with Gasteiger partial charge in [-0.3, -0.25) is 0 Å². The van der Waals surface area contributed by atoms with Crippen LogP contribution in [-0.2, 0) is 0 Å². The van der Waals surface area contributed by atoms with E-state index in [0.29, 0.717) is 5.56 Å². The lowest BCUT2D eigenvalue weighted by Crippen LogP contribution is -2.18. The summed E-state index contributed by atoms with van der Waals surface area (Å²) in [6.45, 7) is 3.26. The van der Waals surface area contributed by atoms with Crippen LogP contribution >= 0.6 is 15.9 Å². The molecule has 1 aromatic carbocycles. The van der Waals surface area contributed by atoms with Gasteiger partial charge in [-0.25, -0.2) is 0 Å². The Bertz CT molecular complexity index is 382. The molecule has 0 fully saturated rings. The highest BCUT2D eigenvalue weighted by atomic mass is 79.9. The minimum Gasteiger partial charge on any atom is -0.374 e. The molecule has 86 valence electrons. The van der Waals surface area contributed by atoms with Crippen LogP contribution in [0.3, 0.4) is 0 Å². The van der Waals surface area contributed by atoms with Gasteiger partial charge >= 0.3 is 0 Å². The third kappa shape index (κ3) is 3.53. The zero-order valence-electron chi connectivity index (χ0n) is 9.83.